The van der Waals surface area contributed by atoms with Gasteiger partial charge in [0.1, 0.15) is 6.42 Å². The van der Waals surface area contributed by atoms with E-state index in [4.69, 9.17) is 11.6 Å². The lowest BCUT2D eigenvalue weighted by atomic mass is 10.1. The average Bonchev–Trinajstić information content (AvgIpc) is 2.45. The molecule has 2 amide bonds. The molecule has 0 aliphatic rings. The van der Waals surface area contributed by atoms with Crippen molar-refractivity contribution in [3.05, 3.63) is 34.9 Å². The Morgan fingerprint density at radius 1 is 1.05 bits per heavy atom. The maximum atomic E-state index is 11.6. The van der Waals surface area contributed by atoms with Gasteiger partial charge >= 0.3 is 0 Å². The van der Waals surface area contributed by atoms with Gasteiger partial charge in [-0.25, -0.2) is 0 Å². The summed E-state index contributed by atoms with van der Waals surface area (Å²) in [5, 5.41) is 6.18. The molecule has 122 valence electrons. The van der Waals surface area contributed by atoms with Gasteiger partial charge in [0.15, 0.2) is 0 Å². The van der Waals surface area contributed by atoms with E-state index in [-0.39, 0.29) is 18.2 Å². The molecule has 0 aliphatic carbocycles. The van der Waals surface area contributed by atoms with E-state index >= 15 is 0 Å². The number of benzene rings is 1. The molecule has 0 heterocycles. The molecule has 0 bridgehead atoms. The van der Waals surface area contributed by atoms with Crippen molar-refractivity contribution < 1.29 is 9.59 Å². The van der Waals surface area contributed by atoms with Crippen LogP contribution in [0.1, 0.15) is 18.4 Å². The lowest BCUT2D eigenvalue weighted by Gasteiger charge is -2.10. The van der Waals surface area contributed by atoms with E-state index in [0.717, 1.165) is 18.5 Å². The molecule has 0 atom stereocenters. The van der Waals surface area contributed by atoms with Crippen LogP contribution in [0.5, 0.6) is 0 Å². The number of hydrogen-bond donors (Lipinski definition) is 2. The van der Waals surface area contributed by atoms with Crippen LogP contribution in [-0.2, 0) is 16.0 Å². The van der Waals surface area contributed by atoms with Gasteiger partial charge in [0.2, 0.25) is 11.8 Å². The summed E-state index contributed by atoms with van der Waals surface area (Å²) in [7, 11) is 3.96. The van der Waals surface area contributed by atoms with Crippen LogP contribution in [0, 0.1) is 0 Å². The number of amides is 2. The minimum atomic E-state index is -0.251. The summed E-state index contributed by atoms with van der Waals surface area (Å²) in [6.45, 7) is 2.01. The van der Waals surface area contributed by atoms with Crippen molar-refractivity contribution in [2.45, 2.75) is 19.3 Å². The molecular formula is C16H24ClN3O2. The largest absolute Gasteiger partial charge is 0.356 e. The second-order valence-corrected chi connectivity index (χ2v) is 5.85. The van der Waals surface area contributed by atoms with Gasteiger partial charge in [-0.3, -0.25) is 9.59 Å². The van der Waals surface area contributed by atoms with E-state index in [0.29, 0.717) is 24.5 Å². The monoisotopic (exact) mass is 325 g/mol. The van der Waals surface area contributed by atoms with Crippen LogP contribution in [0.15, 0.2) is 24.3 Å². The van der Waals surface area contributed by atoms with Gasteiger partial charge in [-0.2, -0.15) is 0 Å². The average molecular weight is 326 g/mol. The number of carbonyl (C=O) groups is 2. The smallest absolute Gasteiger partial charge is 0.229 e. The van der Waals surface area contributed by atoms with Gasteiger partial charge in [-0.15, -0.1) is 0 Å². The first-order chi connectivity index (χ1) is 10.5. The number of carbonyl (C=O) groups excluding carboxylic acids is 2. The molecular weight excluding hydrogens is 302 g/mol. The fourth-order valence-corrected chi connectivity index (χ4v) is 2.02. The Bertz CT molecular complexity index is 475. The van der Waals surface area contributed by atoms with Crippen LogP contribution < -0.4 is 10.6 Å². The fraction of sp³-hybridized carbons (Fsp3) is 0.500. The molecule has 5 nitrogen and oxygen atoms in total. The number of rotatable bonds is 9. The van der Waals surface area contributed by atoms with Crippen molar-refractivity contribution in [1.82, 2.24) is 15.5 Å². The van der Waals surface area contributed by atoms with E-state index < -0.39 is 0 Å². The number of nitrogens with one attached hydrogen (secondary N) is 2. The molecule has 0 spiro atoms. The summed E-state index contributed by atoms with van der Waals surface area (Å²) in [5.74, 6) is -0.484. The van der Waals surface area contributed by atoms with Crippen molar-refractivity contribution in [2.75, 3.05) is 33.7 Å². The molecule has 22 heavy (non-hydrogen) atoms. The summed E-state index contributed by atoms with van der Waals surface area (Å²) in [4.78, 5) is 25.3. The normalized spacial score (nSPS) is 10.5. The Labute approximate surface area is 137 Å². The minimum absolute atomic E-state index is 0.122. The Hall–Kier alpha value is -1.59. The summed E-state index contributed by atoms with van der Waals surface area (Å²) in [6, 6.07) is 7.48. The van der Waals surface area contributed by atoms with Crippen LogP contribution in [0.25, 0.3) is 0 Å². The molecule has 1 aromatic rings. The molecule has 0 saturated carbocycles. The summed E-state index contributed by atoms with van der Waals surface area (Å²) >= 11 is 5.81. The van der Waals surface area contributed by atoms with Crippen molar-refractivity contribution in [3.63, 3.8) is 0 Å². The van der Waals surface area contributed by atoms with Gasteiger partial charge in [0, 0.05) is 18.1 Å². The Balaban J connectivity index is 2.12. The fourth-order valence-electron chi connectivity index (χ4n) is 1.89. The predicted molar refractivity (Wildman–Crippen MR) is 89.0 cm³/mol. The van der Waals surface area contributed by atoms with Crippen molar-refractivity contribution in [2.24, 2.45) is 0 Å². The Morgan fingerprint density at radius 2 is 1.64 bits per heavy atom. The molecule has 2 N–H and O–H groups in total. The first-order valence-electron chi connectivity index (χ1n) is 7.40. The van der Waals surface area contributed by atoms with E-state index in [2.05, 4.69) is 15.5 Å². The van der Waals surface area contributed by atoms with E-state index in [1.54, 1.807) is 0 Å². The second kappa shape index (κ2) is 10.2. The highest BCUT2D eigenvalue weighted by Crippen LogP contribution is 2.09. The van der Waals surface area contributed by atoms with E-state index in [1.165, 1.54) is 0 Å². The van der Waals surface area contributed by atoms with Gasteiger partial charge in [0.25, 0.3) is 0 Å². The Morgan fingerprint density at radius 3 is 2.23 bits per heavy atom. The number of halogens is 1. The standard InChI is InChI=1S/C16H24ClN3O2/c1-20(2)11-3-9-18-15(21)12-16(22)19-10-8-13-4-6-14(17)7-5-13/h4-7H,3,8-12H2,1-2H3,(H,18,21)(H,19,22). The molecule has 0 unspecified atom stereocenters. The van der Waals surface area contributed by atoms with E-state index in [9.17, 15) is 9.59 Å². The molecule has 0 aromatic heterocycles. The van der Waals surface area contributed by atoms with Gasteiger partial charge in [0.05, 0.1) is 0 Å². The Kier molecular flexibility index (Phi) is 8.55. The summed E-state index contributed by atoms with van der Waals surface area (Å²) < 4.78 is 0. The van der Waals surface area contributed by atoms with Crippen LogP contribution in [0.3, 0.4) is 0 Å². The van der Waals surface area contributed by atoms with Crippen LogP contribution in [-0.4, -0.2) is 50.4 Å². The highest BCUT2D eigenvalue weighted by molar-refractivity contribution is 6.30. The predicted octanol–water partition coefficient (Wildman–Crippen LogP) is 1.46. The van der Waals surface area contributed by atoms with Gasteiger partial charge in [-0.1, -0.05) is 23.7 Å². The zero-order chi connectivity index (χ0) is 16.4. The van der Waals surface area contributed by atoms with Crippen LogP contribution in [0.2, 0.25) is 5.02 Å². The van der Waals surface area contributed by atoms with Crippen molar-refractivity contribution in [3.8, 4) is 0 Å². The second-order valence-electron chi connectivity index (χ2n) is 5.41. The van der Waals surface area contributed by atoms with Crippen molar-refractivity contribution in [1.29, 1.82) is 0 Å². The molecule has 0 radical (unpaired) electrons. The lowest BCUT2D eigenvalue weighted by molar-refractivity contribution is -0.129. The zero-order valence-corrected chi connectivity index (χ0v) is 13.9. The molecule has 1 aromatic carbocycles. The molecule has 0 saturated heterocycles. The first kappa shape index (κ1) is 18.5. The van der Waals surface area contributed by atoms with Crippen LogP contribution >= 0.6 is 11.6 Å². The van der Waals surface area contributed by atoms with E-state index in [1.807, 2.05) is 38.4 Å². The zero-order valence-electron chi connectivity index (χ0n) is 13.2. The maximum absolute atomic E-state index is 11.6. The van der Waals surface area contributed by atoms with Gasteiger partial charge in [-0.05, 0) is 51.2 Å². The highest BCUT2D eigenvalue weighted by Gasteiger charge is 2.08. The highest BCUT2D eigenvalue weighted by atomic mass is 35.5. The third-order valence-electron chi connectivity index (χ3n) is 3.07. The SMILES string of the molecule is CN(C)CCCNC(=O)CC(=O)NCCc1ccc(Cl)cc1. The molecule has 6 heteroatoms. The third kappa shape index (κ3) is 8.64. The lowest BCUT2D eigenvalue weighted by Crippen LogP contribution is -2.33. The topological polar surface area (TPSA) is 61.4 Å². The quantitative estimate of drug-likeness (QED) is 0.534. The minimum Gasteiger partial charge on any atom is -0.356 e. The van der Waals surface area contributed by atoms with Gasteiger partial charge < -0.3 is 15.5 Å². The molecule has 1 rings (SSSR count). The van der Waals surface area contributed by atoms with Crippen LogP contribution in [0.4, 0.5) is 0 Å². The summed E-state index contributed by atoms with van der Waals surface area (Å²) in [6.07, 6.45) is 1.47. The molecule has 0 aliphatic heterocycles. The number of nitrogens with zero attached hydrogens (tertiary/aromatic N) is 1. The maximum Gasteiger partial charge on any atom is 0.229 e. The molecule has 0 fully saturated rings. The summed E-state index contributed by atoms with van der Waals surface area (Å²) in [5.41, 5.74) is 1.10. The third-order valence-corrected chi connectivity index (χ3v) is 3.33. The first-order valence-corrected chi connectivity index (χ1v) is 7.77. The van der Waals surface area contributed by atoms with Crippen molar-refractivity contribution >= 4 is 23.4 Å². The number of hydrogen-bond acceptors (Lipinski definition) is 3.